The number of halogens is 1. The van der Waals surface area contributed by atoms with E-state index in [0.29, 0.717) is 50.5 Å². The first-order chi connectivity index (χ1) is 19.1. The van der Waals surface area contributed by atoms with Crippen LogP contribution in [0.5, 0.6) is 5.75 Å². The minimum Gasteiger partial charge on any atom is -0.497 e. The molecule has 40 heavy (non-hydrogen) atoms. The zero-order chi connectivity index (χ0) is 28.6. The molecule has 1 unspecified atom stereocenters. The highest BCUT2D eigenvalue weighted by Crippen LogP contribution is 2.50. The number of methoxy groups -OCH3 is 1. The summed E-state index contributed by atoms with van der Waals surface area (Å²) >= 11 is 2.48. The Kier molecular flexibility index (Phi) is 7.49. The molecule has 1 atom stereocenters. The summed E-state index contributed by atoms with van der Waals surface area (Å²) in [6, 6.07) is 14.9. The molecule has 0 radical (unpaired) electrons. The van der Waals surface area contributed by atoms with Crippen LogP contribution >= 0.6 is 23.1 Å². The summed E-state index contributed by atoms with van der Waals surface area (Å²) in [5.41, 5.74) is 8.78. The summed E-state index contributed by atoms with van der Waals surface area (Å²) in [6.07, 6.45) is 0.823. The van der Waals surface area contributed by atoms with Crippen molar-refractivity contribution < 1.29 is 18.7 Å². The van der Waals surface area contributed by atoms with Gasteiger partial charge in [-0.1, -0.05) is 49.1 Å². The number of benzene rings is 2. The molecule has 0 bridgehead atoms. The quantitative estimate of drug-likeness (QED) is 0.283. The zero-order valence-corrected chi connectivity index (χ0v) is 23.7. The van der Waals surface area contributed by atoms with E-state index in [1.807, 2.05) is 13.8 Å². The predicted molar refractivity (Wildman–Crippen MR) is 151 cm³/mol. The van der Waals surface area contributed by atoms with Gasteiger partial charge < -0.3 is 10.5 Å². The molecule has 1 aromatic heterocycles. The number of nitrogens with two attached hydrogens (primary N) is 1. The molecule has 0 fully saturated rings. The third kappa shape index (κ3) is 5.24. The van der Waals surface area contributed by atoms with Gasteiger partial charge in [-0.3, -0.25) is 14.5 Å². The molecule has 1 aliphatic carbocycles. The Morgan fingerprint density at radius 2 is 1.90 bits per heavy atom. The molecule has 5 rings (SSSR count). The maximum Gasteiger partial charge on any atom is 0.219 e. The third-order valence-electron chi connectivity index (χ3n) is 6.91. The number of carbonyl (C=O) groups excluding carboxylic acids is 2. The van der Waals surface area contributed by atoms with Crippen LogP contribution in [0.1, 0.15) is 48.5 Å². The number of Topliss-reactive ketones (excluding diaryl/α,β-unsaturated/α-hetero) is 2. The molecule has 0 saturated heterocycles. The first-order valence-corrected chi connectivity index (χ1v) is 14.3. The van der Waals surface area contributed by atoms with E-state index in [9.17, 15) is 19.2 Å². The van der Waals surface area contributed by atoms with Crippen LogP contribution in [0.25, 0.3) is 0 Å². The number of allylic oxidation sites excluding steroid dienone is 3. The van der Waals surface area contributed by atoms with E-state index in [1.165, 1.54) is 35.2 Å². The van der Waals surface area contributed by atoms with Crippen LogP contribution in [0.2, 0.25) is 0 Å². The molecule has 2 aliphatic rings. The number of anilines is 1. The first kappa shape index (κ1) is 27.6. The van der Waals surface area contributed by atoms with Crippen molar-refractivity contribution >= 4 is 39.8 Å². The molecule has 1 aliphatic heterocycles. The maximum absolute atomic E-state index is 13.7. The molecule has 0 saturated carbocycles. The molecule has 2 N–H and O–H groups in total. The van der Waals surface area contributed by atoms with Crippen LogP contribution in [-0.2, 0) is 4.79 Å². The molecule has 204 valence electrons. The third-order valence-corrected chi connectivity index (χ3v) is 8.95. The average molecular weight is 576 g/mol. The second-order valence-electron chi connectivity index (χ2n) is 10.3. The number of rotatable bonds is 7. The summed E-state index contributed by atoms with van der Waals surface area (Å²) in [5, 5.41) is 19.2. The Morgan fingerprint density at radius 3 is 2.55 bits per heavy atom. The highest BCUT2D eigenvalue weighted by atomic mass is 32.2. The van der Waals surface area contributed by atoms with Crippen molar-refractivity contribution in [3.8, 4) is 11.8 Å². The lowest BCUT2D eigenvalue weighted by Crippen LogP contribution is -2.42. The lowest BCUT2D eigenvalue weighted by molar-refractivity contribution is -0.118. The van der Waals surface area contributed by atoms with Gasteiger partial charge in [0.2, 0.25) is 5.13 Å². The second-order valence-corrected chi connectivity index (χ2v) is 12.5. The fraction of sp³-hybridized carbons (Fsp3) is 0.276. The van der Waals surface area contributed by atoms with Crippen molar-refractivity contribution in [2.75, 3.05) is 17.8 Å². The molecule has 0 spiro atoms. The standard InChI is InChI=1S/C29H26FN5O3S2/c1-29(2)12-21-25(22(36)13-29)24(17-4-8-18(30)9-5-17)20(14-31)26(32)35(21)27-33-34-28(40-27)39-15-23(37)16-6-10-19(38-3)11-7-16/h4-11,24H,12-13,15,32H2,1-3H3. The van der Waals surface area contributed by atoms with Crippen LogP contribution in [0.4, 0.5) is 9.52 Å². The number of hydrogen-bond acceptors (Lipinski definition) is 10. The molecule has 3 aromatic rings. The van der Waals surface area contributed by atoms with Gasteiger partial charge in [0.1, 0.15) is 17.4 Å². The lowest BCUT2D eigenvalue weighted by atomic mass is 9.69. The number of thioether (sulfide) groups is 1. The summed E-state index contributed by atoms with van der Waals surface area (Å²) in [4.78, 5) is 27.9. The highest BCUT2D eigenvalue weighted by molar-refractivity contribution is 8.01. The van der Waals surface area contributed by atoms with Gasteiger partial charge >= 0.3 is 0 Å². The molecule has 0 amide bonds. The topological polar surface area (TPSA) is 122 Å². The van der Waals surface area contributed by atoms with Crippen molar-refractivity contribution in [1.82, 2.24) is 10.2 Å². The number of ether oxygens (including phenoxy) is 1. The highest BCUT2D eigenvalue weighted by Gasteiger charge is 2.45. The van der Waals surface area contributed by atoms with Crippen LogP contribution < -0.4 is 15.4 Å². The smallest absolute Gasteiger partial charge is 0.219 e. The van der Waals surface area contributed by atoms with E-state index in [4.69, 9.17) is 10.5 Å². The number of nitriles is 1. The largest absolute Gasteiger partial charge is 0.497 e. The molecule has 2 aromatic carbocycles. The normalized spacial score (nSPS) is 18.4. The lowest BCUT2D eigenvalue weighted by Gasteiger charge is -2.42. The maximum atomic E-state index is 13.7. The SMILES string of the molecule is COc1ccc(C(=O)CSc2nnc(N3C(N)=C(C#N)C(c4ccc(F)cc4)C4=C3CC(C)(C)CC4=O)s2)cc1. The Hall–Kier alpha value is -4.01. The van der Waals surface area contributed by atoms with Crippen LogP contribution in [0.3, 0.4) is 0 Å². The van der Waals surface area contributed by atoms with Gasteiger partial charge in [-0.25, -0.2) is 4.39 Å². The van der Waals surface area contributed by atoms with Crippen LogP contribution in [-0.4, -0.2) is 34.6 Å². The molecule has 8 nitrogen and oxygen atoms in total. The van der Waals surface area contributed by atoms with Gasteiger partial charge in [-0.15, -0.1) is 10.2 Å². The van der Waals surface area contributed by atoms with Gasteiger partial charge in [-0.2, -0.15) is 5.26 Å². The van der Waals surface area contributed by atoms with E-state index in [1.54, 1.807) is 48.4 Å². The van der Waals surface area contributed by atoms with E-state index in [2.05, 4.69) is 16.3 Å². The summed E-state index contributed by atoms with van der Waals surface area (Å²) in [5.74, 6) is -0.294. The first-order valence-electron chi connectivity index (χ1n) is 12.5. The fourth-order valence-corrected chi connectivity index (χ4v) is 6.83. The number of carbonyl (C=O) groups is 2. The Bertz CT molecular complexity index is 1590. The number of ketones is 2. The van der Waals surface area contributed by atoms with Crippen molar-refractivity contribution in [2.45, 2.75) is 36.9 Å². The fourth-order valence-electron chi connectivity index (χ4n) is 5.05. The predicted octanol–water partition coefficient (Wildman–Crippen LogP) is 5.60. The van der Waals surface area contributed by atoms with Gasteiger partial charge in [0.25, 0.3) is 0 Å². The number of hydrogen-bond donors (Lipinski definition) is 1. The molecule has 11 heteroatoms. The summed E-state index contributed by atoms with van der Waals surface area (Å²) in [7, 11) is 1.57. The molecule has 2 heterocycles. The Labute approximate surface area is 239 Å². The van der Waals surface area contributed by atoms with Gasteiger partial charge in [0.05, 0.1) is 30.4 Å². The van der Waals surface area contributed by atoms with Crippen molar-refractivity contribution in [1.29, 1.82) is 5.26 Å². The van der Waals surface area contributed by atoms with Crippen molar-refractivity contribution in [2.24, 2.45) is 11.1 Å². The van der Waals surface area contributed by atoms with E-state index < -0.39 is 11.7 Å². The van der Waals surface area contributed by atoms with Crippen molar-refractivity contribution in [3.63, 3.8) is 0 Å². The number of nitrogens with zero attached hydrogens (tertiary/aromatic N) is 4. The van der Waals surface area contributed by atoms with Crippen LogP contribution in [0, 0.1) is 22.6 Å². The Balaban J connectivity index is 1.48. The van der Waals surface area contributed by atoms with E-state index >= 15 is 0 Å². The monoisotopic (exact) mass is 575 g/mol. The summed E-state index contributed by atoms with van der Waals surface area (Å²) in [6.45, 7) is 4.01. The van der Waals surface area contributed by atoms with Gasteiger partial charge in [0, 0.05) is 23.3 Å². The van der Waals surface area contributed by atoms with E-state index in [-0.39, 0.29) is 34.1 Å². The Morgan fingerprint density at radius 1 is 1.20 bits per heavy atom. The van der Waals surface area contributed by atoms with Gasteiger partial charge in [0.15, 0.2) is 15.9 Å². The molecular formula is C29H26FN5O3S2. The number of aromatic nitrogens is 2. The minimum atomic E-state index is -0.704. The molecular weight excluding hydrogens is 549 g/mol. The van der Waals surface area contributed by atoms with Crippen LogP contribution in [0.15, 0.2) is 75.5 Å². The minimum absolute atomic E-state index is 0.0692. The van der Waals surface area contributed by atoms with Gasteiger partial charge in [-0.05, 0) is 53.8 Å². The zero-order valence-electron chi connectivity index (χ0n) is 22.1. The van der Waals surface area contributed by atoms with E-state index in [0.717, 1.165) is 0 Å². The second kappa shape index (κ2) is 10.9. The average Bonchev–Trinajstić information content (AvgIpc) is 3.39. The summed E-state index contributed by atoms with van der Waals surface area (Å²) < 4.78 is 19.4. The van der Waals surface area contributed by atoms with Crippen molar-refractivity contribution in [3.05, 3.63) is 88.1 Å².